The summed E-state index contributed by atoms with van der Waals surface area (Å²) in [4.78, 5) is 12.2. The molecule has 1 aromatic rings. The largest absolute Gasteiger partial charge is 0.467 e. The molecular weight excluding hydrogens is 232 g/mol. The fourth-order valence-electron chi connectivity index (χ4n) is 2.29. The Morgan fingerprint density at radius 3 is 2.50 bits per heavy atom. The van der Waals surface area contributed by atoms with E-state index in [1.54, 1.807) is 0 Å². The number of rotatable bonds is 5. The molecular formula is C11H20N6O. The van der Waals surface area contributed by atoms with Gasteiger partial charge in [0, 0.05) is 6.54 Å². The van der Waals surface area contributed by atoms with E-state index in [9.17, 15) is 0 Å². The topological polar surface area (TPSA) is 98.0 Å². The molecule has 2 rings (SSSR count). The van der Waals surface area contributed by atoms with Crippen LogP contribution in [0.25, 0.3) is 0 Å². The van der Waals surface area contributed by atoms with E-state index in [1.807, 2.05) is 0 Å². The number of hydrogen-bond acceptors (Lipinski definition) is 7. The van der Waals surface area contributed by atoms with E-state index in [1.165, 1.54) is 32.8 Å². The number of hydrogen-bond donors (Lipinski definition) is 3. The van der Waals surface area contributed by atoms with E-state index in [4.69, 9.17) is 10.6 Å². The van der Waals surface area contributed by atoms with Gasteiger partial charge in [-0.2, -0.15) is 15.0 Å². The summed E-state index contributed by atoms with van der Waals surface area (Å²) < 4.78 is 5.00. The highest BCUT2D eigenvalue weighted by Gasteiger charge is 2.28. The fraction of sp³-hybridized carbons (Fsp3) is 0.727. The molecule has 0 saturated heterocycles. The SMILES string of the molecule is COc1nc(NN)nc(NCC2(C)CCCC2)n1. The van der Waals surface area contributed by atoms with Crippen molar-refractivity contribution < 1.29 is 4.74 Å². The van der Waals surface area contributed by atoms with Crippen molar-refractivity contribution in [1.82, 2.24) is 15.0 Å². The number of ether oxygens (including phenoxy) is 1. The molecule has 0 unspecified atom stereocenters. The normalized spacial score (nSPS) is 17.5. The Labute approximate surface area is 107 Å². The number of nitrogen functional groups attached to an aromatic ring is 1. The van der Waals surface area contributed by atoms with Gasteiger partial charge in [0.15, 0.2) is 0 Å². The maximum Gasteiger partial charge on any atom is 0.322 e. The molecule has 0 bridgehead atoms. The van der Waals surface area contributed by atoms with Crippen molar-refractivity contribution in [3.8, 4) is 6.01 Å². The summed E-state index contributed by atoms with van der Waals surface area (Å²) in [5.74, 6) is 6.08. The van der Waals surface area contributed by atoms with E-state index in [-0.39, 0.29) is 6.01 Å². The van der Waals surface area contributed by atoms with Crippen LogP contribution in [-0.2, 0) is 0 Å². The van der Waals surface area contributed by atoms with E-state index in [0.29, 0.717) is 17.3 Å². The Morgan fingerprint density at radius 2 is 1.89 bits per heavy atom. The maximum absolute atomic E-state index is 5.30. The number of methoxy groups -OCH3 is 1. The Hall–Kier alpha value is -1.63. The van der Waals surface area contributed by atoms with E-state index in [2.05, 4.69) is 32.6 Å². The zero-order chi connectivity index (χ0) is 13.0. The third-order valence-corrected chi connectivity index (χ3v) is 3.41. The highest BCUT2D eigenvalue weighted by atomic mass is 16.5. The average Bonchev–Trinajstić information content (AvgIpc) is 2.83. The van der Waals surface area contributed by atoms with Gasteiger partial charge in [-0.3, -0.25) is 5.43 Å². The van der Waals surface area contributed by atoms with Crippen molar-refractivity contribution >= 4 is 11.9 Å². The summed E-state index contributed by atoms with van der Waals surface area (Å²) in [6.45, 7) is 3.14. The summed E-state index contributed by atoms with van der Waals surface area (Å²) >= 11 is 0. The molecule has 0 amide bonds. The van der Waals surface area contributed by atoms with Gasteiger partial charge in [-0.1, -0.05) is 19.8 Å². The van der Waals surface area contributed by atoms with Crippen molar-refractivity contribution in [3.63, 3.8) is 0 Å². The second-order valence-electron chi connectivity index (χ2n) is 4.98. The number of nitrogens with two attached hydrogens (primary N) is 1. The molecule has 0 radical (unpaired) electrons. The summed E-state index contributed by atoms with van der Waals surface area (Å²) in [6, 6.07) is 0.247. The number of anilines is 2. The van der Waals surface area contributed by atoms with Crippen LogP contribution in [0, 0.1) is 5.41 Å². The molecule has 1 fully saturated rings. The Bertz CT molecular complexity index is 382. The molecule has 100 valence electrons. The van der Waals surface area contributed by atoms with Gasteiger partial charge < -0.3 is 10.1 Å². The second-order valence-corrected chi connectivity index (χ2v) is 4.98. The Balaban J connectivity index is 2.04. The fourth-order valence-corrected chi connectivity index (χ4v) is 2.29. The van der Waals surface area contributed by atoms with Crippen LogP contribution in [0.5, 0.6) is 6.01 Å². The van der Waals surface area contributed by atoms with Gasteiger partial charge in [-0.25, -0.2) is 5.84 Å². The second kappa shape index (κ2) is 5.34. The number of hydrazine groups is 1. The van der Waals surface area contributed by atoms with Crippen molar-refractivity contribution in [2.24, 2.45) is 11.3 Å². The van der Waals surface area contributed by atoms with Crippen LogP contribution in [0.1, 0.15) is 32.6 Å². The lowest BCUT2D eigenvalue weighted by atomic mass is 9.89. The lowest BCUT2D eigenvalue weighted by Crippen LogP contribution is -2.24. The predicted molar refractivity (Wildman–Crippen MR) is 69.3 cm³/mol. The molecule has 1 aliphatic rings. The van der Waals surface area contributed by atoms with Crippen molar-refractivity contribution in [1.29, 1.82) is 0 Å². The highest BCUT2D eigenvalue weighted by Crippen LogP contribution is 2.37. The molecule has 0 aromatic carbocycles. The molecule has 0 spiro atoms. The average molecular weight is 252 g/mol. The molecule has 1 heterocycles. The minimum Gasteiger partial charge on any atom is -0.467 e. The van der Waals surface area contributed by atoms with E-state index in [0.717, 1.165) is 6.54 Å². The standard InChI is InChI=1S/C11H20N6O/c1-11(5-3-4-6-11)7-13-8-14-9(17-12)16-10(15-8)18-2/h3-7,12H2,1-2H3,(H2,13,14,15,16,17). The number of nitrogens with zero attached hydrogens (tertiary/aromatic N) is 3. The van der Waals surface area contributed by atoms with Crippen LogP contribution in [-0.4, -0.2) is 28.6 Å². The van der Waals surface area contributed by atoms with Crippen molar-refractivity contribution in [3.05, 3.63) is 0 Å². The van der Waals surface area contributed by atoms with Crippen LogP contribution in [0.4, 0.5) is 11.9 Å². The van der Waals surface area contributed by atoms with Crippen molar-refractivity contribution in [2.45, 2.75) is 32.6 Å². The smallest absolute Gasteiger partial charge is 0.322 e. The van der Waals surface area contributed by atoms with Crippen molar-refractivity contribution in [2.75, 3.05) is 24.4 Å². The zero-order valence-electron chi connectivity index (χ0n) is 10.9. The van der Waals surface area contributed by atoms with Gasteiger partial charge in [0.2, 0.25) is 11.9 Å². The summed E-state index contributed by atoms with van der Waals surface area (Å²) in [7, 11) is 1.51. The number of aromatic nitrogens is 3. The van der Waals surface area contributed by atoms with Crippen LogP contribution in [0.2, 0.25) is 0 Å². The summed E-state index contributed by atoms with van der Waals surface area (Å²) in [6.07, 6.45) is 5.08. The molecule has 18 heavy (non-hydrogen) atoms. The summed E-state index contributed by atoms with van der Waals surface area (Å²) in [5.41, 5.74) is 2.73. The Morgan fingerprint density at radius 1 is 1.22 bits per heavy atom. The van der Waals surface area contributed by atoms with Gasteiger partial charge in [0.25, 0.3) is 0 Å². The van der Waals surface area contributed by atoms with Crippen LogP contribution >= 0.6 is 0 Å². The van der Waals surface area contributed by atoms with Gasteiger partial charge in [0.1, 0.15) is 0 Å². The monoisotopic (exact) mass is 252 g/mol. The van der Waals surface area contributed by atoms with Gasteiger partial charge >= 0.3 is 6.01 Å². The lowest BCUT2D eigenvalue weighted by molar-refractivity contribution is 0.359. The molecule has 1 aliphatic carbocycles. The van der Waals surface area contributed by atoms with Gasteiger partial charge in [0.05, 0.1) is 7.11 Å². The van der Waals surface area contributed by atoms with Crippen LogP contribution in [0.3, 0.4) is 0 Å². The van der Waals surface area contributed by atoms with E-state index < -0.39 is 0 Å². The molecule has 1 saturated carbocycles. The lowest BCUT2D eigenvalue weighted by Gasteiger charge is -2.23. The zero-order valence-corrected chi connectivity index (χ0v) is 10.9. The predicted octanol–water partition coefficient (Wildman–Crippen LogP) is 1.16. The van der Waals surface area contributed by atoms with Crippen LogP contribution < -0.4 is 21.3 Å². The molecule has 0 aliphatic heterocycles. The van der Waals surface area contributed by atoms with Gasteiger partial charge in [-0.05, 0) is 18.3 Å². The van der Waals surface area contributed by atoms with E-state index >= 15 is 0 Å². The Kier molecular flexibility index (Phi) is 3.81. The third kappa shape index (κ3) is 2.98. The quantitative estimate of drug-likeness (QED) is 0.534. The molecule has 4 N–H and O–H groups in total. The minimum atomic E-state index is 0.247. The first kappa shape index (κ1) is 12.8. The highest BCUT2D eigenvalue weighted by molar-refractivity contribution is 5.35. The first-order valence-electron chi connectivity index (χ1n) is 6.16. The first-order chi connectivity index (χ1) is 8.65. The molecule has 0 atom stereocenters. The molecule has 7 heteroatoms. The number of nitrogens with one attached hydrogen (secondary N) is 2. The van der Waals surface area contributed by atoms with Crippen LogP contribution in [0.15, 0.2) is 0 Å². The molecule has 7 nitrogen and oxygen atoms in total. The van der Waals surface area contributed by atoms with Gasteiger partial charge in [-0.15, -0.1) is 0 Å². The molecule has 1 aromatic heterocycles. The maximum atomic E-state index is 5.30. The summed E-state index contributed by atoms with van der Waals surface area (Å²) in [5, 5.41) is 3.24. The first-order valence-corrected chi connectivity index (χ1v) is 6.16. The minimum absolute atomic E-state index is 0.247. The third-order valence-electron chi connectivity index (χ3n) is 3.41.